The molecule has 1 N–H and O–H groups in total. The van der Waals surface area contributed by atoms with Crippen LogP contribution in [0.1, 0.15) is 79.0 Å². The SMILES string of the molecule is CC(C)(C)c1ccc(-n2c(-c3cc(C(C)(C)C)cc(C(C)(C)C)c3O)nc3c(-c4cccc(-c5cc(B6N(c7ccccc7-c7ccccc7)c7ccccc7N6c6ccccc6-c6ccccc6)ccn5)c4)cccc32)c(-c2ccccc2)c1. The maximum atomic E-state index is 12.7. The summed E-state index contributed by atoms with van der Waals surface area (Å²) in [5, 5.41) is 12.7. The van der Waals surface area contributed by atoms with Crippen molar-refractivity contribution in [1.29, 1.82) is 0 Å². The summed E-state index contributed by atoms with van der Waals surface area (Å²) >= 11 is 0. The highest BCUT2D eigenvalue weighted by atomic mass is 16.3. The number of anilines is 4. The van der Waals surface area contributed by atoms with Gasteiger partial charge in [0, 0.05) is 51.0 Å². The van der Waals surface area contributed by atoms with E-state index in [2.05, 4.69) is 325 Å². The minimum Gasteiger partial charge on any atom is -0.507 e. The molecule has 416 valence electrons. The van der Waals surface area contributed by atoms with Gasteiger partial charge in [-0.15, -0.1) is 0 Å². The number of phenols is 1. The number of fused-ring (bicyclic) bond motifs is 2. The number of pyridine rings is 1. The van der Waals surface area contributed by atoms with Gasteiger partial charge in [0.05, 0.1) is 39.4 Å². The first kappa shape index (κ1) is 54.5. The minimum absolute atomic E-state index is 0.0994. The molecule has 85 heavy (non-hydrogen) atoms. The van der Waals surface area contributed by atoms with E-state index in [0.29, 0.717) is 11.4 Å². The van der Waals surface area contributed by atoms with Crippen molar-refractivity contribution < 1.29 is 5.11 Å². The van der Waals surface area contributed by atoms with Gasteiger partial charge in [0.25, 0.3) is 0 Å². The van der Waals surface area contributed by atoms with Gasteiger partial charge in [-0.05, 0) is 122 Å². The van der Waals surface area contributed by atoms with E-state index in [9.17, 15) is 5.11 Å². The lowest BCUT2D eigenvalue weighted by Gasteiger charge is -2.32. The lowest BCUT2D eigenvalue weighted by atomic mass is 9.64. The third kappa shape index (κ3) is 10.1. The average molecular weight is 1100 g/mol. The van der Waals surface area contributed by atoms with E-state index >= 15 is 0 Å². The van der Waals surface area contributed by atoms with E-state index in [1.165, 1.54) is 5.56 Å². The van der Waals surface area contributed by atoms with Gasteiger partial charge in [-0.1, -0.05) is 244 Å². The quantitative estimate of drug-likeness (QED) is 0.138. The fourth-order valence-corrected chi connectivity index (χ4v) is 12.4. The minimum atomic E-state index is -0.352. The second-order valence-electron chi connectivity index (χ2n) is 25.6. The van der Waals surface area contributed by atoms with Gasteiger partial charge >= 0.3 is 6.98 Å². The van der Waals surface area contributed by atoms with E-state index < -0.39 is 0 Å². The first-order valence-corrected chi connectivity index (χ1v) is 29.6. The van der Waals surface area contributed by atoms with Crippen LogP contribution in [0.4, 0.5) is 22.7 Å². The molecule has 7 heteroatoms. The van der Waals surface area contributed by atoms with Crippen molar-refractivity contribution >= 4 is 46.2 Å². The number of phenolic OH excluding ortho intramolecular Hbond substituents is 1. The summed E-state index contributed by atoms with van der Waals surface area (Å²) in [6.45, 7) is 19.7. The van der Waals surface area contributed by atoms with Crippen LogP contribution in [0.25, 0.3) is 83.9 Å². The van der Waals surface area contributed by atoms with Gasteiger partial charge in [-0.2, -0.15) is 0 Å². The van der Waals surface area contributed by atoms with Crippen molar-refractivity contribution in [3.63, 3.8) is 0 Å². The zero-order valence-electron chi connectivity index (χ0n) is 50.0. The van der Waals surface area contributed by atoms with Gasteiger partial charge < -0.3 is 14.7 Å². The molecule has 13 rings (SSSR count). The second kappa shape index (κ2) is 21.5. The summed E-state index contributed by atoms with van der Waals surface area (Å²) in [4.78, 5) is 16.0. The Labute approximate surface area is 501 Å². The second-order valence-corrected chi connectivity index (χ2v) is 25.6. The molecule has 0 amide bonds. The highest BCUT2D eigenvalue weighted by Gasteiger charge is 2.45. The van der Waals surface area contributed by atoms with Crippen LogP contribution < -0.4 is 15.1 Å². The molecule has 0 saturated carbocycles. The topological polar surface area (TPSA) is 57.4 Å². The van der Waals surface area contributed by atoms with Crippen molar-refractivity contribution in [1.82, 2.24) is 14.5 Å². The van der Waals surface area contributed by atoms with Crippen molar-refractivity contribution in [2.45, 2.75) is 78.6 Å². The summed E-state index contributed by atoms with van der Waals surface area (Å²) in [5.74, 6) is 0.922. The maximum absolute atomic E-state index is 12.7. The molecule has 0 spiro atoms. The van der Waals surface area contributed by atoms with E-state index in [0.717, 1.165) is 112 Å². The molecule has 0 fully saturated rings. The van der Waals surface area contributed by atoms with Gasteiger partial charge in [0.2, 0.25) is 0 Å². The Hall–Kier alpha value is -9.72. The highest BCUT2D eigenvalue weighted by molar-refractivity contribution is 6.84. The van der Waals surface area contributed by atoms with Crippen molar-refractivity contribution in [2.75, 3.05) is 9.62 Å². The van der Waals surface area contributed by atoms with Crippen LogP contribution in [0.3, 0.4) is 0 Å². The number of hydrogen-bond donors (Lipinski definition) is 1. The molecule has 1 aliphatic rings. The summed E-state index contributed by atoms with van der Waals surface area (Å²) < 4.78 is 2.29. The lowest BCUT2D eigenvalue weighted by molar-refractivity contribution is 0.446. The van der Waals surface area contributed by atoms with E-state index in [4.69, 9.17) is 9.97 Å². The number of benzene rings is 10. The molecule has 0 unspecified atom stereocenters. The first-order chi connectivity index (χ1) is 41.0. The predicted octanol–water partition coefficient (Wildman–Crippen LogP) is 19.7. The summed E-state index contributed by atoms with van der Waals surface area (Å²) in [5.41, 5.74) is 22.1. The molecule has 2 aromatic heterocycles. The van der Waals surface area contributed by atoms with Crippen LogP contribution in [-0.2, 0) is 16.2 Å². The molecule has 12 aromatic rings. The van der Waals surface area contributed by atoms with Gasteiger partial charge in [0.15, 0.2) is 0 Å². The standard InChI is InChI=1S/C78H70BN5O/c1-76(2,3)57-43-44-67(63(48-57)54-31-17-12-18-32-54)82-72-42-26-37-62(73(72)81-75(82)64-49-58(77(4,5)6)50-65(74(64)85)78(7,8)9)55-33-25-34-56(47-55)66-51-59(45-46-80-66)79-83(68-38-21-19-35-60(68)52-27-13-10-14-28-52)70-40-23-24-41-71(70)84(79)69-39-22-20-36-61(69)53-29-15-11-16-30-53/h10-51,85H,1-9H3. The number of nitrogens with zero attached hydrogens (tertiary/aromatic N) is 5. The molecule has 10 aromatic carbocycles. The molecule has 0 bridgehead atoms. The van der Waals surface area contributed by atoms with Crippen LogP contribution in [0.15, 0.2) is 255 Å². The van der Waals surface area contributed by atoms with E-state index in [1.54, 1.807) is 0 Å². The van der Waals surface area contributed by atoms with Crippen molar-refractivity contribution in [3.05, 3.63) is 272 Å². The third-order valence-electron chi connectivity index (χ3n) is 16.8. The number of rotatable bonds is 10. The van der Waals surface area contributed by atoms with Crippen molar-refractivity contribution in [2.24, 2.45) is 0 Å². The zero-order chi connectivity index (χ0) is 58.8. The normalized spacial score (nSPS) is 12.7. The number of hydrogen-bond acceptors (Lipinski definition) is 5. The summed E-state index contributed by atoms with van der Waals surface area (Å²) in [7, 11) is 0. The highest BCUT2D eigenvalue weighted by Crippen LogP contribution is 2.51. The Morgan fingerprint density at radius 1 is 0.365 bits per heavy atom. The smallest absolute Gasteiger partial charge is 0.420 e. The van der Waals surface area contributed by atoms with Crippen molar-refractivity contribution in [3.8, 4) is 78.6 Å². The number of aromatic hydroxyl groups is 1. The fraction of sp³-hybridized carbons (Fsp3) is 0.154. The van der Waals surface area contributed by atoms with Crippen LogP contribution in [0, 0.1) is 0 Å². The number of para-hydroxylation sites is 5. The molecule has 0 saturated heterocycles. The van der Waals surface area contributed by atoms with E-state index in [1.807, 2.05) is 6.20 Å². The van der Waals surface area contributed by atoms with Crippen LogP contribution >= 0.6 is 0 Å². The van der Waals surface area contributed by atoms with Crippen LogP contribution in [0.5, 0.6) is 5.75 Å². The summed E-state index contributed by atoms with van der Waals surface area (Å²) in [6, 6.07) is 89.4. The monoisotopic (exact) mass is 1100 g/mol. The molecule has 0 radical (unpaired) electrons. The van der Waals surface area contributed by atoms with Crippen LogP contribution in [-0.4, -0.2) is 26.6 Å². The summed E-state index contributed by atoms with van der Waals surface area (Å²) in [6.07, 6.45) is 1.97. The third-order valence-corrected chi connectivity index (χ3v) is 16.8. The Bertz CT molecular complexity index is 4340. The molecule has 3 heterocycles. The van der Waals surface area contributed by atoms with Gasteiger partial charge in [-0.25, -0.2) is 4.98 Å². The predicted molar refractivity (Wildman–Crippen MR) is 358 cm³/mol. The Morgan fingerprint density at radius 3 is 1.41 bits per heavy atom. The molecule has 6 nitrogen and oxygen atoms in total. The number of imidazole rings is 1. The van der Waals surface area contributed by atoms with Gasteiger partial charge in [-0.3, -0.25) is 9.55 Å². The molecular formula is C78H70BN5O. The fourth-order valence-electron chi connectivity index (χ4n) is 12.4. The molecule has 0 aliphatic carbocycles. The molecule has 1 aliphatic heterocycles. The maximum Gasteiger partial charge on any atom is 0.420 e. The largest absolute Gasteiger partial charge is 0.507 e. The zero-order valence-corrected chi connectivity index (χ0v) is 50.0. The molecule has 0 atom stereocenters. The lowest BCUT2D eigenvalue weighted by Crippen LogP contribution is -2.53. The van der Waals surface area contributed by atoms with Crippen LogP contribution in [0.2, 0.25) is 0 Å². The first-order valence-electron chi connectivity index (χ1n) is 29.6. The Morgan fingerprint density at radius 2 is 0.847 bits per heavy atom. The van der Waals surface area contributed by atoms with Gasteiger partial charge in [0.1, 0.15) is 11.6 Å². The molecular weight excluding hydrogens is 1030 g/mol. The Balaban J connectivity index is 1.01. The number of aromatic nitrogens is 3. The Kier molecular flexibility index (Phi) is 13.8. The average Bonchev–Trinajstić information content (AvgIpc) is 2.94. The van der Waals surface area contributed by atoms with E-state index in [-0.39, 0.29) is 29.0 Å².